The van der Waals surface area contributed by atoms with Crippen LogP contribution in [0.2, 0.25) is 4.34 Å². The Morgan fingerprint density at radius 3 is 2.74 bits per heavy atom. The summed E-state index contributed by atoms with van der Waals surface area (Å²) in [5, 5.41) is 6.89. The van der Waals surface area contributed by atoms with Crippen LogP contribution in [0.1, 0.15) is 23.8 Å². The summed E-state index contributed by atoms with van der Waals surface area (Å²) >= 11 is 10.7. The predicted molar refractivity (Wildman–Crippen MR) is 142 cm³/mol. The molecule has 2 N–H and O–H groups in total. The Bertz CT molecular complexity index is 1380. The van der Waals surface area contributed by atoms with Crippen LogP contribution >= 0.6 is 38.9 Å². The fourth-order valence-corrected chi connectivity index (χ4v) is 6.23. The maximum atomic E-state index is 13.0. The first-order valence-electron chi connectivity index (χ1n) is 11.8. The van der Waals surface area contributed by atoms with E-state index in [0.29, 0.717) is 15.2 Å². The van der Waals surface area contributed by atoms with Crippen LogP contribution in [0.25, 0.3) is 11.0 Å². The number of thiophene rings is 1. The van der Waals surface area contributed by atoms with Gasteiger partial charge >= 0.3 is 12.1 Å². The molecule has 1 aliphatic heterocycles. The van der Waals surface area contributed by atoms with Gasteiger partial charge in [0.2, 0.25) is 11.8 Å². The second kappa shape index (κ2) is 11.8. The summed E-state index contributed by atoms with van der Waals surface area (Å²) < 4.78 is 41.7. The maximum Gasteiger partial charge on any atom is 0.492 e. The Labute approximate surface area is 238 Å². The van der Waals surface area contributed by atoms with Crippen LogP contribution in [0, 0.1) is 5.92 Å². The molecule has 39 heavy (non-hydrogen) atoms. The largest absolute Gasteiger partial charge is 0.492 e. The van der Waals surface area contributed by atoms with Gasteiger partial charge in [-0.15, -0.1) is 16.4 Å². The Balaban J connectivity index is 1.38. The molecule has 9 nitrogen and oxygen atoms in total. The number of aromatic nitrogens is 2. The highest BCUT2D eigenvalue weighted by molar-refractivity contribution is 9.10. The molecule has 3 aromatic heterocycles. The maximum absolute atomic E-state index is 13.0. The van der Waals surface area contributed by atoms with Crippen molar-refractivity contribution in [3.05, 3.63) is 49.8 Å². The van der Waals surface area contributed by atoms with Crippen molar-refractivity contribution in [2.75, 3.05) is 6.54 Å². The number of halogens is 5. The number of hydrogen-bond donors (Lipinski definition) is 2. The molecule has 3 atom stereocenters. The molecule has 1 aliphatic rings. The summed E-state index contributed by atoms with van der Waals surface area (Å²) in [5.41, 5.74) is 1.55. The Kier molecular flexibility index (Phi) is 8.88. The zero-order chi connectivity index (χ0) is 28.5. The summed E-state index contributed by atoms with van der Waals surface area (Å²) in [6.45, 7) is 1.52. The van der Waals surface area contributed by atoms with Gasteiger partial charge in [0.05, 0.1) is 0 Å². The molecule has 0 spiro atoms. The Hall–Kier alpha value is -2.68. The third-order valence-electron chi connectivity index (χ3n) is 6.25. The van der Waals surface area contributed by atoms with E-state index in [1.54, 1.807) is 12.3 Å². The minimum absolute atomic E-state index is 0.0947. The number of pyridine rings is 1. The van der Waals surface area contributed by atoms with E-state index in [0.717, 1.165) is 26.5 Å². The molecule has 0 aliphatic carbocycles. The predicted octanol–water partition coefficient (Wildman–Crippen LogP) is 4.13. The molecular weight excluding hydrogens is 627 g/mol. The number of alkyl halides is 3. The van der Waals surface area contributed by atoms with Gasteiger partial charge in [-0.2, -0.15) is 13.2 Å². The summed E-state index contributed by atoms with van der Waals surface area (Å²) in [5.74, 6) is -3.94. The molecule has 2 amide bonds. The van der Waals surface area contributed by atoms with Gasteiger partial charge in [-0.3, -0.25) is 9.59 Å². The molecule has 1 fully saturated rings. The molecule has 0 saturated carbocycles. The summed E-state index contributed by atoms with van der Waals surface area (Å²) in [6.07, 6.45) is -1.20. The highest BCUT2D eigenvalue weighted by atomic mass is 79.9. The van der Waals surface area contributed by atoms with Crippen LogP contribution in [-0.2, 0) is 39.2 Å². The van der Waals surface area contributed by atoms with Crippen molar-refractivity contribution in [1.82, 2.24) is 25.2 Å². The van der Waals surface area contributed by atoms with Gasteiger partial charge in [0.25, 0.3) is 0 Å². The zero-order valence-corrected chi connectivity index (χ0v) is 23.9. The number of hydrogen-bond acceptors (Lipinski definition) is 7. The number of fused-ring (bicyclic) bond motifs is 1. The number of aryl methyl sites for hydroxylation is 1. The molecule has 4 heterocycles. The van der Waals surface area contributed by atoms with Crippen LogP contribution in [0.15, 0.2) is 35.1 Å². The van der Waals surface area contributed by atoms with E-state index in [-0.39, 0.29) is 25.4 Å². The second-order valence-corrected chi connectivity index (χ2v) is 11.9. The van der Waals surface area contributed by atoms with Gasteiger partial charge in [0.1, 0.15) is 22.1 Å². The van der Waals surface area contributed by atoms with Crippen molar-refractivity contribution >= 4 is 67.7 Å². The molecule has 4 rings (SSSR count). The van der Waals surface area contributed by atoms with Gasteiger partial charge in [0.15, 0.2) is 0 Å². The molecule has 15 heteroatoms. The first kappa shape index (κ1) is 29.3. The van der Waals surface area contributed by atoms with E-state index in [4.69, 9.17) is 11.6 Å². The Morgan fingerprint density at radius 2 is 2.08 bits per heavy atom. The van der Waals surface area contributed by atoms with Crippen molar-refractivity contribution < 1.29 is 32.4 Å². The summed E-state index contributed by atoms with van der Waals surface area (Å²) in [7, 11) is 1.87. The van der Waals surface area contributed by atoms with Crippen molar-refractivity contribution in [2.45, 2.75) is 44.6 Å². The normalized spacial score (nSPS) is 18.7. The van der Waals surface area contributed by atoms with Crippen molar-refractivity contribution in [1.29, 1.82) is 0 Å². The lowest BCUT2D eigenvalue weighted by Crippen LogP contribution is -2.51. The Morgan fingerprint density at radius 1 is 1.33 bits per heavy atom. The van der Waals surface area contributed by atoms with Crippen LogP contribution in [0.3, 0.4) is 0 Å². The molecule has 1 saturated heterocycles. The van der Waals surface area contributed by atoms with Crippen LogP contribution < -0.4 is 10.6 Å². The average molecular weight is 651 g/mol. The number of carbonyl (C=O) groups is 3. The fourth-order valence-electron chi connectivity index (χ4n) is 4.33. The highest BCUT2D eigenvalue weighted by Gasteiger charge is 2.47. The van der Waals surface area contributed by atoms with Crippen molar-refractivity contribution in [3.8, 4) is 0 Å². The van der Waals surface area contributed by atoms with E-state index < -0.39 is 36.0 Å². The monoisotopic (exact) mass is 649 g/mol. The first-order chi connectivity index (χ1) is 18.3. The van der Waals surface area contributed by atoms with Crippen LogP contribution in [0.4, 0.5) is 13.2 Å². The van der Waals surface area contributed by atoms with E-state index in [1.165, 1.54) is 18.3 Å². The number of nitrogens with one attached hydrogen (secondary N) is 2. The van der Waals surface area contributed by atoms with Crippen LogP contribution in [0.5, 0.6) is 0 Å². The third-order valence-corrected chi connectivity index (χ3v) is 8.74. The number of nitrogens with zero attached hydrogens (tertiary/aromatic N) is 3. The highest BCUT2D eigenvalue weighted by Crippen LogP contribution is 2.36. The quantitative estimate of drug-likeness (QED) is 0.380. The number of carbonyl (C=O) groups excluding carboxylic acids is 3. The van der Waals surface area contributed by atoms with Gasteiger partial charge < -0.3 is 20.0 Å². The van der Waals surface area contributed by atoms with E-state index >= 15 is 0 Å². The van der Waals surface area contributed by atoms with Gasteiger partial charge in [0, 0.05) is 47.3 Å². The molecular formula is C24H24BrClF3N5O4S. The number of rotatable bonds is 8. The number of hydroxylamine groups is 2. The standard InChI is InChI=1S/C24H24BrClF3N5O4S/c1-12(21(35)31-10-14-5-15-3-4-33(2)20(15)30-9-14)32-22(36)18-7-13(6-16-8-17(25)19(26)39-16)11-34(18)38-23(37)24(27,28)29/h3-5,8-9,12-13,18H,6-7,10-11H2,1-2H3,(H,31,35)(H,32,36)/t12-,13-,18+/m0/s1. The van der Waals surface area contributed by atoms with Crippen LogP contribution in [-0.4, -0.2) is 57.2 Å². The van der Waals surface area contributed by atoms with Crippen molar-refractivity contribution in [3.63, 3.8) is 0 Å². The smallest absolute Gasteiger partial charge is 0.360 e. The molecule has 0 aromatic carbocycles. The van der Waals surface area contributed by atoms with Gasteiger partial charge in [-0.1, -0.05) is 11.6 Å². The lowest BCUT2D eigenvalue weighted by Gasteiger charge is -2.24. The third kappa shape index (κ3) is 7.10. The summed E-state index contributed by atoms with van der Waals surface area (Å²) in [6, 6.07) is 3.37. The SMILES string of the molecule is C[C@H](NC(=O)[C@H]1C[C@H](Cc2cc(Br)c(Cl)s2)CN1OC(=O)C(F)(F)F)C(=O)NCc1cnc2c(ccn2C)c1. The summed E-state index contributed by atoms with van der Waals surface area (Å²) in [4.78, 5) is 47.0. The number of amides is 2. The minimum atomic E-state index is -5.23. The van der Waals surface area contributed by atoms with E-state index in [1.807, 2.05) is 29.9 Å². The van der Waals surface area contributed by atoms with E-state index in [9.17, 15) is 27.6 Å². The minimum Gasteiger partial charge on any atom is -0.360 e. The molecule has 3 aromatic rings. The van der Waals surface area contributed by atoms with Gasteiger partial charge in [-0.05, 0) is 65.4 Å². The van der Waals surface area contributed by atoms with Crippen molar-refractivity contribution in [2.24, 2.45) is 13.0 Å². The zero-order valence-electron chi connectivity index (χ0n) is 20.7. The molecule has 210 valence electrons. The average Bonchev–Trinajstić information content (AvgIpc) is 3.53. The molecule has 0 unspecified atom stereocenters. The topological polar surface area (TPSA) is 106 Å². The molecule has 0 bridgehead atoms. The molecule has 0 radical (unpaired) electrons. The lowest BCUT2D eigenvalue weighted by molar-refractivity contribution is -0.240. The van der Waals surface area contributed by atoms with E-state index in [2.05, 4.69) is 36.4 Å². The fraction of sp³-hybridized carbons (Fsp3) is 0.417. The van der Waals surface area contributed by atoms with Gasteiger partial charge in [-0.25, -0.2) is 9.78 Å². The second-order valence-electron chi connectivity index (χ2n) is 9.26. The first-order valence-corrected chi connectivity index (χ1v) is 13.8. The lowest BCUT2D eigenvalue weighted by atomic mass is 10.0.